The number of hydrogen-bond acceptors (Lipinski definition) is 4. The van der Waals surface area contributed by atoms with Gasteiger partial charge in [0.15, 0.2) is 0 Å². The largest absolute Gasteiger partial charge is 0.478 e. The molecule has 0 aliphatic rings. The maximum absolute atomic E-state index is 10.8. The van der Waals surface area contributed by atoms with Crippen molar-refractivity contribution in [3.05, 3.63) is 34.3 Å². The summed E-state index contributed by atoms with van der Waals surface area (Å²) in [4.78, 5) is 10.8. The molecular weight excluding hydrogens is 252 g/mol. The number of aliphatic hydroxyl groups is 2. The van der Waals surface area contributed by atoms with Gasteiger partial charge in [0, 0.05) is 5.75 Å². The van der Waals surface area contributed by atoms with Crippen LogP contribution in [0.5, 0.6) is 0 Å². The number of aromatic carboxylic acids is 1. The van der Waals surface area contributed by atoms with Crippen LogP contribution in [-0.2, 0) is 0 Å². The van der Waals surface area contributed by atoms with Crippen molar-refractivity contribution in [3.63, 3.8) is 0 Å². The van der Waals surface area contributed by atoms with E-state index in [9.17, 15) is 15.0 Å². The first kappa shape index (κ1) is 13.3. The first-order valence-electron chi connectivity index (χ1n) is 4.47. The van der Waals surface area contributed by atoms with E-state index < -0.39 is 18.2 Å². The zero-order valence-electron chi connectivity index (χ0n) is 8.17. The highest BCUT2D eigenvalue weighted by Gasteiger charge is 2.19. The molecule has 0 saturated heterocycles. The number of hydrogen-bond donors (Lipinski definition) is 4. The zero-order chi connectivity index (χ0) is 12.3. The topological polar surface area (TPSA) is 77.8 Å². The molecule has 0 heterocycles. The van der Waals surface area contributed by atoms with Crippen LogP contribution in [0.25, 0.3) is 0 Å². The number of carboxylic acid groups (broad SMARTS) is 1. The zero-order valence-corrected chi connectivity index (χ0v) is 9.82. The Bertz CT molecular complexity index is 396. The maximum Gasteiger partial charge on any atom is 0.337 e. The number of thiol groups is 1. The van der Waals surface area contributed by atoms with Gasteiger partial charge in [-0.1, -0.05) is 17.7 Å². The molecule has 0 saturated carbocycles. The van der Waals surface area contributed by atoms with Crippen LogP contribution in [0, 0.1) is 0 Å². The summed E-state index contributed by atoms with van der Waals surface area (Å²) in [7, 11) is 0. The summed E-state index contributed by atoms with van der Waals surface area (Å²) in [5.41, 5.74) is 0.188. The van der Waals surface area contributed by atoms with Crippen molar-refractivity contribution in [1.29, 1.82) is 0 Å². The second-order valence-electron chi connectivity index (χ2n) is 3.24. The highest BCUT2D eigenvalue weighted by atomic mass is 35.5. The van der Waals surface area contributed by atoms with Gasteiger partial charge >= 0.3 is 5.97 Å². The minimum atomic E-state index is -1.18. The van der Waals surface area contributed by atoms with Crippen LogP contribution < -0.4 is 0 Å². The monoisotopic (exact) mass is 262 g/mol. The van der Waals surface area contributed by atoms with Crippen LogP contribution in [0.2, 0.25) is 5.02 Å². The van der Waals surface area contributed by atoms with Crippen LogP contribution >= 0.6 is 24.2 Å². The molecule has 6 heteroatoms. The van der Waals surface area contributed by atoms with Crippen LogP contribution in [0.3, 0.4) is 0 Å². The van der Waals surface area contributed by atoms with Gasteiger partial charge in [-0.2, -0.15) is 12.6 Å². The summed E-state index contributed by atoms with van der Waals surface area (Å²) >= 11 is 9.51. The van der Waals surface area contributed by atoms with Gasteiger partial charge in [0.2, 0.25) is 0 Å². The Labute approximate surface area is 103 Å². The van der Waals surface area contributed by atoms with Gasteiger partial charge in [-0.15, -0.1) is 0 Å². The standard InChI is InChI=1S/C10H11ClO4S/c11-7-2-1-5(3-6(7)10(14)15)9(13)8(12)4-16/h1-3,8-9,12-13,16H,4H2,(H,14,15). The lowest BCUT2D eigenvalue weighted by molar-refractivity contribution is 0.0336. The van der Waals surface area contributed by atoms with Crippen LogP contribution in [0.4, 0.5) is 0 Å². The third-order valence-electron chi connectivity index (χ3n) is 2.11. The van der Waals surface area contributed by atoms with Crippen LogP contribution in [0.15, 0.2) is 18.2 Å². The molecule has 4 nitrogen and oxygen atoms in total. The predicted molar refractivity (Wildman–Crippen MR) is 63.2 cm³/mol. The third kappa shape index (κ3) is 2.89. The van der Waals surface area contributed by atoms with E-state index in [1.807, 2.05) is 0 Å². The van der Waals surface area contributed by atoms with Crippen molar-refractivity contribution in [1.82, 2.24) is 0 Å². The molecule has 0 bridgehead atoms. The summed E-state index contributed by atoms with van der Waals surface area (Å²) in [5, 5.41) is 27.9. The highest BCUT2D eigenvalue weighted by molar-refractivity contribution is 7.80. The average molecular weight is 263 g/mol. The first-order chi connectivity index (χ1) is 7.47. The highest BCUT2D eigenvalue weighted by Crippen LogP contribution is 2.23. The molecule has 1 aromatic carbocycles. The lowest BCUT2D eigenvalue weighted by Crippen LogP contribution is -2.20. The molecule has 2 unspecified atom stereocenters. The molecule has 88 valence electrons. The van der Waals surface area contributed by atoms with Crippen molar-refractivity contribution >= 4 is 30.2 Å². The molecule has 0 fully saturated rings. The van der Waals surface area contributed by atoms with Crippen molar-refractivity contribution in [2.75, 3.05) is 5.75 Å². The number of rotatable bonds is 4. The van der Waals surface area contributed by atoms with Gasteiger partial charge < -0.3 is 15.3 Å². The lowest BCUT2D eigenvalue weighted by atomic mass is 10.0. The fraction of sp³-hybridized carbons (Fsp3) is 0.300. The summed E-state index contributed by atoms with van der Waals surface area (Å²) in [5.74, 6) is -1.11. The normalized spacial score (nSPS) is 14.5. The van der Waals surface area contributed by atoms with Gasteiger partial charge in [0.25, 0.3) is 0 Å². The Hall–Kier alpha value is -0.750. The Morgan fingerprint density at radius 1 is 1.44 bits per heavy atom. The van der Waals surface area contributed by atoms with Gasteiger partial charge in [-0.3, -0.25) is 0 Å². The molecule has 3 N–H and O–H groups in total. The molecule has 2 atom stereocenters. The van der Waals surface area contributed by atoms with Crippen LogP contribution in [0.1, 0.15) is 22.0 Å². The molecule has 1 rings (SSSR count). The predicted octanol–water partition coefficient (Wildman–Crippen LogP) is 1.36. The van der Waals surface area contributed by atoms with Crippen molar-refractivity contribution in [3.8, 4) is 0 Å². The summed E-state index contributed by atoms with van der Waals surface area (Å²) < 4.78 is 0. The van der Waals surface area contributed by atoms with Gasteiger partial charge in [-0.05, 0) is 17.7 Å². The number of aliphatic hydroxyl groups excluding tert-OH is 2. The molecule has 0 aliphatic heterocycles. The van der Waals surface area contributed by atoms with E-state index in [0.29, 0.717) is 5.56 Å². The maximum atomic E-state index is 10.8. The van der Waals surface area contributed by atoms with E-state index in [1.165, 1.54) is 18.2 Å². The number of halogens is 1. The molecule has 16 heavy (non-hydrogen) atoms. The smallest absolute Gasteiger partial charge is 0.337 e. The minimum Gasteiger partial charge on any atom is -0.478 e. The molecule has 1 aromatic rings. The molecule has 0 aliphatic carbocycles. The number of carbonyl (C=O) groups is 1. The van der Waals surface area contributed by atoms with Crippen LogP contribution in [-0.4, -0.2) is 33.1 Å². The summed E-state index contributed by atoms with van der Waals surface area (Å²) in [6, 6.07) is 4.07. The first-order valence-corrected chi connectivity index (χ1v) is 5.48. The Kier molecular flexibility index (Phi) is 4.61. The molecule has 0 radical (unpaired) electrons. The van der Waals surface area contributed by atoms with Crippen molar-refractivity contribution in [2.45, 2.75) is 12.2 Å². The van der Waals surface area contributed by atoms with Crippen molar-refractivity contribution < 1.29 is 20.1 Å². The lowest BCUT2D eigenvalue weighted by Gasteiger charge is -2.16. The molecule has 0 amide bonds. The fourth-order valence-corrected chi connectivity index (χ4v) is 1.61. The van der Waals surface area contributed by atoms with E-state index in [2.05, 4.69) is 12.6 Å². The van der Waals surface area contributed by atoms with Gasteiger partial charge in [-0.25, -0.2) is 4.79 Å². The molecule has 0 spiro atoms. The minimum absolute atomic E-state index is 0.0756. The Morgan fingerprint density at radius 3 is 2.56 bits per heavy atom. The van der Waals surface area contributed by atoms with Gasteiger partial charge in [0.05, 0.1) is 16.7 Å². The van der Waals surface area contributed by atoms with E-state index in [-0.39, 0.29) is 16.3 Å². The van der Waals surface area contributed by atoms with E-state index >= 15 is 0 Å². The Balaban J connectivity index is 3.07. The quantitative estimate of drug-likeness (QED) is 0.618. The SMILES string of the molecule is O=C(O)c1cc(C(O)C(O)CS)ccc1Cl. The van der Waals surface area contributed by atoms with Crippen molar-refractivity contribution in [2.24, 2.45) is 0 Å². The molecular formula is C10H11ClO4S. The van der Waals surface area contributed by atoms with Gasteiger partial charge in [0.1, 0.15) is 6.10 Å². The fourth-order valence-electron chi connectivity index (χ4n) is 1.21. The van der Waals surface area contributed by atoms with E-state index in [4.69, 9.17) is 16.7 Å². The second kappa shape index (κ2) is 5.54. The van der Waals surface area contributed by atoms with E-state index in [0.717, 1.165) is 0 Å². The average Bonchev–Trinajstić information content (AvgIpc) is 2.27. The molecule has 0 aromatic heterocycles. The number of benzene rings is 1. The number of carboxylic acids is 1. The Morgan fingerprint density at radius 2 is 2.06 bits per heavy atom. The summed E-state index contributed by atoms with van der Waals surface area (Å²) in [6.45, 7) is 0. The van der Waals surface area contributed by atoms with E-state index in [1.54, 1.807) is 0 Å². The second-order valence-corrected chi connectivity index (χ2v) is 4.01. The third-order valence-corrected chi connectivity index (χ3v) is 2.82. The summed E-state index contributed by atoms with van der Waals surface area (Å²) in [6.07, 6.45) is -2.22.